The van der Waals surface area contributed by atoms with Crippen molar-refractivity contribution in [2.45, 2.75) is 25.3 Å². The van der Waals surface area contributed by atoms with Gasteiger partial charge in [-0.25, -0.2) is 9.40 Å². The maximum Gasteiger partial charge on any atom is 0.257 e. The SMILES string of the molecule is COc1ccc(C2=NN(C(=O)CN3CCC(C(N)=O)CC3)[C@H](c3ccc(F)cc3)C2)cc1. The topological polar surface area (TPSA) is 88.2 Å². The first-order chi connectivity index (χ1) is 15.4. The number of benzene rings is 2. The summed E-state index contributed by atoms with van der Waals surface area (Å²) in [5, 5.41) is 6.19. The molecule has 2 aliphatic rings. The summed E-state index contributed by atoms with van der Waals surface area (Å²) in [6, 6.07) is 13.5. The summed E-state index contributed by atoms with van der Waals surface area (Å²) in [5.74, 6) is -0.103. The van der Waals surface area contributed by atoms with E-state index < -0.39 is 0 Å². The van der Waals surface area contributed by atoms with Crippen LogP contribution in [-0.2, 0) is 9.59 Å². The molecule has 1 fully saturated rings. The second-order valence-electron chi connectivity index (χ2n) is 8.24. The van der Waals surface area contributed by atoms with E-state index in [1.807, 2.05) is 29.2 Å². The second-order valence-corrected chi connectivity index (χ2v) is 8.24. The Hall–Kier alpha value is -3.26. The van der Waals surface area contributed by atoms with E-state index in [1.54, 1.807) is 19.2 Å². The molecule has 0 bridgehead atoms. The summed E-state index contributed by atoms with van der Waals surface area (Å²) in [7, 11) is 1.61. The lowest BCUT2D eigenvalue weighted by Crippen LogP contribution is -2.44. The molecule has 168 valence electrons. The first kappa shape index (κ1) is 22.0. The van der Waals surface area contributed by atoms with E-state index in [9.17, 15) is 14.0 Å². The van der Waals surface area contributed by atoms with Crippen LogP contribution in [0.4, 0.5) is 4.39 Å². The van der Waals surface area contributed by atoms with Gasteiger partial charge in [-0.15, -0.1) is 0 Å². The van der Waals surface area contributed by atoms with Crippen LogP contribution in [-0.4, -0.2) is 54.2 Å². The maximum atomic E-state index is 13.5. The van der Waals surface area contributed by atoms with Crippen molar-refractivity contribution in [3.8, 4) is 5.75 Å². The number of likely N-dealkylation sites (tertiary alicyclic amines) is 1. The average Bonchev–Trinajstić information content (AvgIpc) is 3.25. The Balaban J connectivity index is 1.53. The highest BCUT2D eigenvalue weighted by atomic mass is 19.1. The van der Waals surface area contributed by atoms with E-state index in [0.717, 1.165) is 22.6 Å². The van der Waals surface area contributed by atoms with Crippen molar-refractivity contribution < 1.29 is 18.7 Å². The normalized spacial score (nSPS) is 19.6. The summed E-state index contributed by atoms with van der Waals surface area (Å²) < 4.78 is 18.7. The van der Waals surface area contributed by atoms with Crippen LogP contribution < -0.4 is 10.5 Å². The average molecular weight is 439 g/mol. The smallest absolute Gasteiger partial charge is 0.257 e. The molecule has 2 heterocycles. The molecule has 4 rings (SSSR count). The van der Waals surface area contributed by atoms with Crippen LogP contribution in [0.5, 0.6) is 5.75 Å². The number of primary amides is 1. The molecular weight excluding hydrogens is 411 g/mol. The maximum absolute atomic E-state index is 13.5. The Kier molecular flexibility index (Phi) is 6.50. The summed E-state index contributed by atoms with van der Waals surface area (Å²) in [6.45, 7) is 1.50. The van der Waals surface area contributed by atoms with Crippen LogP contribution in [0, 0.1) is 11.7 Å². The van der Waals surface area contributed by atoms with Gasteiger partial charge < -0.3 is 10.5 Å². The minimum absolute atomic E-state index is 0.125. The van der Waals surface area contributed by atoms with Crippen LogP contribution >= 0.6 is 0 Å². The molecule has 2 amide bonds. The fourth-order valence-corrected chi connectivity index (χ4v) is 4.28. The second kappa shape index (κ2) is 9.48. The molecule has 1 atom stereocenters. The lowest BCUT2D eigenvalue weighted by Gasteiger charge is -2.31. The Bertz CT molecular complexity index is 999. The van der Waals surface area contributed by atoms with E-state index in [0.29, 0.717) is 32.4 Å². The first-order valence-electron chi connectivity index (χ1n) is 10.8. The lowest BCUT2D eigenvalue weighted by molar-refractivity contribution is -0.134. The third-order valence-corrected chi connectivity index (χ3v) is 6.19. The number of halogens is 1. The predicted molar refractivity (Wildman–Crippen MR) is 118 cm³/mol. The van der Waals surface area contributed by atoms with Gasteiger partial charge in [-0.05, 0) is 73.5 Å². The zero-order valence-electron chi connectivity index (χ0n) is 18.0. The Morgan fingerprint density at radius 2 is 1.75 bits per heavy atom. The van der Waals surface area contributed by atoms with Gasteiger partial charge in [0.05, 0.1) is 25.4 Å². The standard InChI is InChI=1S/C24H27FN4O3/c1-32-20-8-4-16(5-9-20)21-14-22(17-2-6-19(25)7-3-17)29(27-21)23(30)15-28-12-10-18(11-13-28)24(26)31/h2-9,18,22H,10-15H2,1H3,(H2,26,31)/t22-/m0/s1. The van der Waals surface area contributed by atoms with Crippen molar-refractivity contribution in [3.05, 3.63) is 65.5 Å². The fourth-order valence-electron chi connectivity index (χ4n) is 4.28. The third kappa shape index (κ3) is 4.80. The number of hydrogen-bond acceptors (Lipinski definition) is 5. The molecule has 8 heteroatoms. The Morgan fingerprint density at radius 3 is 2.34 bits per heavy atom. The molecule has 0 saturated carbocycles. The number of amides is 2. The number of nitrogens with two attached hydrogens (primary N) is 1. The Labute approximate surface area is 186 Å². The molecule has 2 N–H and O–H groups in total. The van der Waals surface area contributed by atoms with Gasteiger partial charge in [0.2, 0.25) is 5.91 Å². The van der Waals surface area contributed by atoms with Gasteiger partial charge in [0.25, 0.3) is 5.91 Å². The molecule has 1 saturated heterocycles. The van der Waals surface area contributed by atoms with Crippen molar-refractivity contribution in [2.24, 2.45) is 16.8 Å². The van der Waals surface area contributed by atoms with Crippen molar-refractivity contribution in [2.75, 3.05) is 26.7 Å². The number of nitrogens with zero attached hydrogens (tertiary/aromatic N) is 3. The van der Waals surface area contributed by atoms with Crippen molar-refractivity contribution in [1.29, 1.82) is 0 Å². The zero-order valence-corrected chi connectivity index (χ0v) is 18.0. The van der Waals surface area contributed by atoms with E-state index in [4.69, 9.17) is 10.5 Å². The number of rotatable bonds is 6. The van der Waals surface area contributed by atoms with Crippen molar-refractivity contribution >= 4 is 17.5 Å². The minimum Gasteiger partial charge on any atom is -0.497 e. The highest BCUT2D eigenvalue weighted by Crippen LogP contribution is 2.33. The third-order valence-electron chi connectivity index (χ3n) is 6.19. The molecule has 0 radical (unpaired) electrons. The highest BCUT2D eigenvalue weighted by Gasteiger charge is 2.34. The van der Waals surface area contributed by atoms with Crippen molar-refractivity contribution in [3.63, 3.8) is 0 Å². The largest absolute Gasteiger partial charge is 0.497 e. The van der Waals surface area contributed by atoms with Crippen LogP contribution in [0.15, 0.2) is 53.6 Å². The molecule has 0 aliphatic carbocycles. The van der Waals surface area contributed by atoms with Gasteiger partial charge in [0, 0.05) is 12.3 Å². The number of hydrazone groups is 1. The molecular formula is C24H27FN4O3. The molecule has 32 heavy (non-hydrogen) atoms. The number of carbonyl (C=O) groups excluding carboxylic acids is 2. The Morgan fingerprint density at radius 1 is 1.09 bits per heavy atom. The molecule has 0 unspecified atom stereocenters. The molecule has 2 aromatic carbocycles. The van der Waals surface area contributed by atoms with Crippen molar-refractivity contribution in [1.82, 2.24) is 9.91 Å². The van der Waals surface area contributed by atoms with E-state index in [1.165, 1.54) is 17.1 Å². The minimum atomic E-state index is -0.321. The van der Waals surface area contributed by atoms with Gasteiger partial charge in [-0.1, -0.05) is 12.1 Å². The molecule has 7 nitrogen and oxygen atoms in total. The van der Waals surface area contributed by atoms with Gasteiger partial charge in [-0.2, -0.15) is 5.10 Å². The lowest BCUT2D eigenvalue weighted by atomic mass is 9.96. The molecule has 0 spiro atoms. The van der Waals surface area contributed by atoms with E-state index >= 15 is 0 Å². The number of piperidine rings is 1. The van der Waals surface area contributed by atoms with Crippen LogP contribution in [0.25, 0.3) is 0 Å². The van der Waals surface area contributed by atoms with E-state index in [2.05, 4.69) is 5.10 Å². The summed E-state index contributed by atoms with van der Waals surface area (Å²) >= 11 is 0. The molecule has 0 aromatic heterocycles. The monoisotopic (exact) mass is 438 g/mol. The number of methoxy groups -OCH3 is 1. The predicted octanol–water partition coefficient (Wildman–Crippen LogP) is 2.71. The summed E-state index contributed by atoms with van der Waals surface area (Å²) in [5.41, 5.74) is 7.95. The van der Waals surface area contributed by atoms with Gasteiger partial charge in [0.1, 0.15) is 11.6 Å². The van der Waals surface area contributed by atoms with Gasteiger partial charge >= 0.3 is 0 Å². The first-order valence-corrected chi connectivity index (χ1v) is 10.8. The van der Waals surface area contributed by atoms with Crippen LogP contribution in [0.3, 0.4) is 0 Å². The summed E-state index contributed by atoms with van der Waals surface area (Å²) in [4.78, 5) is 26.7. The summed E-state index contributed by atoms with van der Waals surface area (Å²) in [6.07, 6.45) is 1.85. The number of carbonyl (C=O) groups is 2. The number of hydrogen-bond donors (Lipinski definition) is 1. The fraction of sp³-hybridized carbons (Fsp3) is 0.375. The molecule has 2 aliphatic heterocycles. The van der Waals surface area contributed by atoms with Crippen LogP contribution in [0.1, 0.15) is 36.4 Å². The highest BCUT2D eigenvalue weighted by molar-refractivity contribution is 6.03. The van der Waals surface area contributed by atoms with Gasteiger partial charge in [-0.3, -0.25) is 14.5 Å². The molecule has 2 aromatic rings. The zero-order chi connectivity index (χ0) is 22.7. The van der Waals surface area contributed by atoms with Gasteiger partial charge in [0.15, 0.2) is 0 Å². The quantitative estimate of drug-likeness (QED) is 0.751. The number of ether oxygens (including phenoxy) is 1. The van der Waals surface area contributed by atoms with Crippen LogP contribution in [0.2, 0.25) is 0 Å². The van der Waals surface area contributed by atoms with E-state index in [-0.39, 0.29) is 36.1 Å².